The van der Waals surface area contributed by atoms with Crippen LogP contribution in [0.15, 0.2) is 24.5 Å². The van der Waals surface area contributed by atoms with Gasteiger partial charge < -0.3 is 0 Å². The summed E-state index contributed by atoms with van der Waals surface area (Å²) in [5.74, 6) is 0.0286. The molecule has 0 radical (unpaired) electrons. The molecule has 1 aliphatic carbocycles. The number of rotatable bonds is 2. The van der Waals surface area contributed by atoms with Crippen LogP contribution in [0.4, 0.5) is 0 Å². The van der Waals surface area contributed by atoms with Crippen LogP contribution in [0.1, 0.15) is 38.2 Å². The van der Waals surface area contributed by atoms with Crippen molar-refractivity contribution in [3.8, 4) is 0 Å². The minimum Gasteiger partial charge on any atom is -0.299 e. The lowest BCUT2D eigenvalue weighted by molar-refractivity contribution is -0.136. The number of hydrogen-bond acceptors (Lipinski definition) is 3. The van der Waals surface area contributed by atoms with Gasteiger partial charge in [-0.2, -0.15) is 0 Å². The zero-order valence-electron chi connectivity index (χ0n) is 9.40. The first-order valence-electron chi connectivity index (χ1n) is 5.63. The van der Waals surface area contributed by atoms with Crippen molar-refractivity contribution in [1.29, 1.82) is 0 Å². The third-order valence-electron chi connectivity index (χ3n) is 3.46. The molecule has 1 aliphatic rings. The first-order chi connectivity index (χ1) is 7.68. The van der Waals surface area contributed by atoms with Gasteiger partial charge in [0.05, 0.1) is 0 Å². The number of Topliss-reactive ketones (excluding diaryl/α,β-unsaturated/α-hetero) is 2. The maximum atomic E-state index is 12.1. The Balaban J connectivity index is 2.51. The molecule has 1 aromatic rings. The van der Waals surface area contributed by atoms with Crippen molar-refractivity contribution in [2.45, 2.75) is 38.0 Å². The summed E-state index contributed by atoms with van der Waals surface area (Å²) in [6, 6.07) is 3.56. The van der Waals surface area contributed by atoms with Crippen LogP contribution in [0, 0.1) is 0 Å². The number of ketones is 2. The lowest BCUT2D eigenvalue weighted by Crippen LogP contribution is -2.44. The van der Waals surface area contributed by atoms with Gasteiger partial charge in [-0.05, 0) is 37.5 Å². The van der Waals surface area contributed by atoms with E-state index in [0.29, 0.717) is 12.8 Å². The minimum absolute atomic E-state index is 0.0385. The van der Waals surface area contributed by atoms with Crippen molar-refractivity contribution >= 4 is 11.6 Å². The highest BCUT2D eigenvalue weighted by Crippen LogP contribution is 2.37. The largest absolute Gasteiger partial charge is 0.299 e. The Morgan fingerprint density at radius 1 is 1.31 bits per heavy atom. The first-order valence-corrected chi connectivity index (χ1v) is 5.63. The highest BCUT2D eigenvalue weighted by atomic mass is 16.2. The van der Waals surface area contributed by atoms with E-state index in [-0.39, 0.29) is 11.6 Å². The van der Waals surface area contributed by atoms with Crippen LogP contribution < -0.4 is 0 Å². The van der Waals surface area contributed by atoms with Gasteiger partial charge in [-0.3, -0.25) is 14.6 Å². The van der Waals surface area contributed by atoms with Crippen molar-refractivity contribution in [2.24, 2.45) is 0 Å². The Kier molecular flexibility index (Phi) is 2.86. The highest BCUT2D eigenvalue weighted by Gasteiger charge is 2.45. The number of carbonyl (C=O) groups excluding carboxylic acids is 2. The molecule has 1 atom stereocenters. The van der Waals surface area contributed by atoms with Crippen molar-refractivity contribution in [3.63, 3.8) is 0 Å². The third kappa shape index (κ3) is 1.56. The molecular formula is C13H15NO2. The average molecular weight is 217 g/mol. The lowest BCUT2D eigenvalue weighted by atomic mass is 9.66. The predicted molar refractivity (Wildman–Crippen MR) is 60.1 cm³/mol. The summed E-state index contributed by atoms with van der Waals surface area (Å²) < 4.78 is 0. The summed E-state index contributed by atoms with van der Waals surface area (Å²) in [5, 5.41) is 0. The third-order valence-corrected chi connectivity index (χ3v) is 3.46. The van der Waals surface area contributed by atoms with Crippen LogP contribution in [-0.4, -0.2) is 16.6 Å². The van der Waals surface area contributed by atoms with Gasteiger partial charge in [0.25, 0.3) is 0 Å². The molecule has 1 heterocycles. The SMILES string of the molecule is CC(=O)C1(c2ccncc2)CCCCC1=O. The summed E-state index contributed by atoms with van der Waals surface area (Å²) in [4.78, 5) is 27.9. The highest BCUT2D eigenvalue weighted by molar-refractivity contribution is 6.12. The van der Waals surface area contributed by atoms with Crippen molar-refractivity contribution < 1.29 is 9.59 Å². The molecule has 16 heavy (non-hydrogen) atoms. The smallest absolute Gasteiger partial charge is 0.150 e. The Bertz CT molecular complexity index is 413. The van der Waals surface area contributed by atoms with E-state index >= 15 is 0 Å². The molecule has 1 aromatic heterocycles. The number of carbonyl (C=O) groups is 2. The van der Waals surface area contributed by atoms with E-state index in [1.807, 2.05) is 0 Å². The monoisotopic (exact) mass is 217 g/mol. The van der Waals surface area contributed by atoms with Gasteiger partial charge in [0, 0.05) is 18.8 Å². The second kappa shape index (κ2) is 4.16. The van der Waals surface area contributed by atoms with Gasteiger partial charge >= 0.3 is 0 Å². The van der Waals surface area contributed by atoms with Gasteiger partial charge in [0.2, 0.25) is 0 Å². The molecule has 3 heteroatoms. The van der Waals surface area contributed by atoms with E-state index in [1.54, 1.807) is 24.5 Å². The quantitative estimate of drug-likeness (QED) is 0.712. The van der Waals surface area contributed by atoms with Crippen molar-refractivity contribution in [1.82, 2.24) is 4.98 Å². The molecule has 0 N–H and O–H groups in total. The van der Waals surface area contributed by atoms with Gasteiger partial charge in [-0.15, -0.1) is 0 Å². The van der Waals surface area contributed by atoms with Gasteiger partial charge in [0.15, 0.2) is 5.78 Å². The molecule has 2 rings (SSSR count). The predicted octanol–water partition coefficient (Wildman–Crippen LogP) is 2.05. The van der Waals surface area contributed by atoms with Crippen LogP contribution in [0.5, 0.6) is 0 Å². The van der Waals surface area contributed by atoms with Gasteiger partial charge in [0.1, 0.15) is 11.2 Å². The fourth-order valence-electron chi connectivity index (χ4n) is 2.55. The van der Waals surface area contributed by atoms with Crippen LogP contribution in [0.3, 0.4) is 0 Å². The lowest BCUT2D eigenvalue weighted by Gasteiger charge is -2.33. The molecule has 1 unspecified atom stereocenters. The molecular weight excluding hydrogens is 202 g/mol. The molecule has 0 bridgehead atoms. The summed E-state index contributed by atoms with van der Waals surface area (Å²) in [5.41, 5.74) is -0.0824. The Labute approximate surface area is 94.9 Å². The second-order valence-corrected chi connectivity index (χ2v) is 4.33. The van der Waals surface area contributed by atoms with E-state index in [0.717, 1.165) is 18.4 Å². The fraction of sp³-hybridized carbons (Fsp3) is 0.462. The Hall–Kier alpha value is -1.51. The molecule has 84 valence electrons. The molecule has 1 saturated carbocycles. The Morgan fingerprint density at radius 3 is 2.56 bits per heavy atom. The van der Waals surface area contributed by atoms with Crippen LogP contribution in [-0.2, 0) is 15.0 Å². The molecule has 0 aliphatic heterocycles. The van der Waals surface area contributed by atoms with E-state index in [4.69, 9.17) is 0 Å². The van der Waals surface area contributed by atoms with Crippen molar-refractivity contribution in [3.05, 3.63) is 30.1 Å². The summed E-state index contributed by atoms with van der Waals surface area (Å²) in [6.45, 7) is 1.52. The topological polar surface area (TPSA) is 47.0 Å². The van der Waals surface area contributed by atoms with Crippen LogP contribution in [0.2, 0.25) is 0 Å². The number of aromatic nitrogens is 1. The minimum atomic E-state index is -0.888. The number of hydrogen-bond donors (Lipinski definition) is 0. The van der Waals surface area contributed by atoms with Gasteiger partial charge in [-0.1, -0.05) is 6.42 Å². The average Bonchev–Trinajstić information content (AvgIpc) is 2.30. The maximum absolute atomic E-state index is 12.1. The molecule has 0 aromatic carbocycles. The molecule has 0 spiro atoms. The van der Waals surface area contributed by atoms with Crippen molar-refractivity contribution in [2.75, 3.05) is 0 Å². The second-order valence-electron chi connectivity index (χ2n) is 4.33. The zero-order chi connectivity index (χ0) is 11.6. The summed E-state index contributed by atoms with van der Waals surface area (Å²) in [6.07, 6.45) is 6.28. The summed E-state index contributed by atoms with van der Waals surface area (Å²) >= 11 is 0. The number of pyridine rings is 1. The molecule has 3 nitrogen and oxygen atoms in total. The summed E-state index contributed by atoms with van der Waals surface area (Å²) in [7, 11) is 0. The molecule has 0 amide bonds. The van der Waals surface area contributed by atoms with E-state index in [1.165, 1.54) is 6.92 Å². The fourth-order valence-corrected chi connectivity index (χ4v) is 2.55. The van der Waals surface area contributed by atoms with E-state index in [9.17, 15) is 9.59 Å². The normalized spacial score (nSPS) is 25.4. The zero-order valence-corrected chi connectivity index (χ0v) is 9.40. The maximum Gasteiger partial charge on any atom is 0.150 e. The van der Waals surface area contributed by atoms with Crippen LogP contribution in [0.25, 0.3) is 0 Å². The van der Waals surface area contributed by atoms with Crippen LogP contribution >= 0.6 is 0 Å². The standard InChI is InChI=1S/C13H15NO2/c1-10(15)13(7-3-2-4-12(13)16)11-5-8-14-9-6-11/h5-6,8-9H,2-4,7H2,1H3. The van der Waals surface area contributed by atoms with E-state index in [2.05, 4.69) is 4.98 Å². The Morgan fingerprint density at radius 2 is 2.00 bits per heavy atom. The molecule has 1 fully saturated rings. The van der Waals surface area contributed by atoms with E-state index < -0.39 is 5.41 Å². The first kappa shape index (κ1) is 11.0. The molecule has 0 saturated heterocycles. The number of nitrogens with zero attached hydrogens (tertiary/aromatic N) is 1. The van der Waals surface area contributed by atoms with Gasteiger partial charge in [-0.25, -0.2) is 0 Å².